The van der Waals surface area contributed by atoms with Crippen molar-refractivity contribution in [2.75, 3.05) is 13.6 Å². The van der Waals surface area contributed by atoms with Crippen LogP contribution in [0.25, 0.3) is 6.08 Å². The molecule has 4 atom stereocenters. The zero-order chi connectivity index (χ0) is 27.8. The Balaban J connectivity index is 1.82. The first-order valence-electron chi connectivity index (χ1n) is 13.8. The summed E-state index contributed by atoms with van der Waals surface area (Å²) in [6.45, 7) is 7.80. The lowest BCUT2D eigenvalue weighted by molar-refractivity contribution is -0.145. The fraction of sp³-hybridized carbons (Fsp3) is 0.586. The van der Waals surface area contributed by atoms with Crippen LogP contribution in [0, 0.1) is 5.92 Å². The number of likely N-dealkylation sites (N-methyl/N-ethyl adjacent to an activating group) is 1. The number of nitrogens with zero attached hydrogens (tertiary/aromatic N) is 2. The lowest BCUT2D eigenvalue weighted by Crippen LogP contribution is -2.62. The van der Waals surface area contributed by atoms with E-state index in [4.69, 9.17) is 0 Å². The monoisotopic (exact) mass is 525 g/mol. The molecule has 208 valence electrons. The second kappa shape index (κ2) is 13.6. The Morgan fingerprint density at radius 2 is 1.68 bits per heavy atom. The highest BCUT2D eigenvalue weighted by Crippen LogP contribution is 2.18. The van der Waals surface area contributed by atoms with E-state index in [1.54, 1.807) is 14.0 Å². The Morgan fingerprint density at radius 3 is 2.42 bits per heavy atom. The highest BCUT2D eigenvalue weighted by atomic mass is 16.2. The summed E-state index contributed by atoms with van der Waals surface area (Å²) in [6.07, 6.45) is 8.21. The van der Waals surface area contributed by atoms with E-state index in [1.807, 2.05) is 39.0 Å². The summed E-state index contributed by atoms with van der Waals surface area (Å²) < 4.78 is 0. The van der Waals surface area contributed by atoms with Crippen LogP contribution in [0.15, 0.2) is 30.3 Å². The summed E-state index contributed by atoms with van der Waals surface area (Å²) in [5.74, 6) is -1.06. The molecular formula is C29H43N5O4. The molecule has 2 aliphatic heterocycles. The SMILES string of the molecule is CC(C)[C@H]1C(=O)N[C@@H](C)C(=O)N2CCC[C@H](N2)C(=O)N[C@H](C)c2cccc(c2)/C=C/CCCCC(=O)N1C. The minimum atomic E-state index is -0.812. The third kappa shape index (κ3) is 7.66. The summed E-state index contributed by atoms with van der Waals surface area (Å²) in [4.78, 5) is 53.8. The smallest absolute Gasteiger partial charge is 0.258 e. The first-order valence-corrected chi connectivity index (χ1v) is 13.8. The maximum atomic E-state index is 13.2. The third-order valence-electron chi connectivity index (χ3n) is 7.30. The lowest BCUT2D eigenvalue weighted by atomic mass is 10.0. The fourth-order valence-electron chi connectivity index (χ4n) is 5.07. The van der Waals surface area contributed by atoms with Crippen LogP contribution in [0.5, 0.6) is 0 Å². The number of nitrogens with one attached hydrogen (secondary N) is 3. The van der Waals surface area contributed by atoms with Crippen molar-refractivity contribution in [3.05, 3.63) is 41.5 Å². The van der Waals surface area contributed by atoms with Crippen molar-refractivity contribution in [3.8, 4) is 0 Å². The van der Waals surface area contributed by atoms with Crippen molar-refractivity contribution in [2.45, 2.75) is 90.4 Å². The highest BCUT2D eigenvalue weighted by molar-refractivity contribution is 5.92. The Hall–Kier alpha value is -3.20. The number of fused-ring (bicyclic) bond motifs is 4. The second-order valence-corrected chi connectivity index (χ2v) is 10.8. The predicted molar refractivity (Wildman–Crippen MR) is 147 cm³/mol. The molecule has 38 heavy (non-hydrogen) atoms. The van der Waals surface area contributed by atoms with Crippen LogP contribution in [0.1, 0.15) is 83.4 Å². The maximum absolute atomic E-state index is 13.2. The molecule has 1 saturated heterocycles. The zero-order valence-corrected chi connectivity index (χ0v) is 23.3. The average molecular weight is 526 g/mol. The van der Waals surface area contributed by atoms with Gasteiger partial charge in [-0.25, -0.2) is 5.43 Å². The molecule has 1 aromatic carbocycles. The number of hydrogen-bond donors (Lipinski definition) is 3. The molecule has 0 spiro atoms. The molecule has 3 rings (SSSR count). The van der Waals surface area contributed by atoms with Gasteiger partial charge in [0.1, 0.15) is 18.1 Å². The topological polar surface area (TPSA) is 111 Å². The Morgan fingerprint density at radius 1 is 0.947 bits per heavy atom. The van der Waals surface area contributed by atoms with E-state index in [0.29, 0.717) is 25.8 Å². The molecule has 0 saturated carbocycles. The van der Waals surface area contributed by atoms with Gasteiger partial charge in [-0.1, -0.05) is 44.2 Å². The number of benzene rings is 1. The van der Waals surface area contributed by atoms with Crippen LogP contribution < -0.4 is 16.1 Å². The van der Waals surface area contributed by atoms with Crippen molar-refractivity contribution < 1.29 is 19.2 Å². The molecule has 3 N–H and O–H groups in total. The molecule has 4 bridgehead atoms. The summed E-state index contributed by atoms with van der Waals surface area (Å²) in [5.41, 5.74) is 5.10. The van der Waals surface area contributed by atoms with Gasteiger partial charge in [0.25, 0.3) is 5.91 Å². The predicted octanol–water partition coefficient (Wildman–Crippen LogP) is 2.93. The average Bonchev–Trinajstić information content (AvgIpc) is 2.89. The van der Waals surface area contributed by atoms with E-state index in [2.05, 4.69) is 34.3 Å². The minimum Gasteiger partial charge on any atom is -0.348 e. The van der Waals surface area contributed by atoms with Gasteiger partial charge in [0, 0.05) is 20.0 Å². The van der Waals surface area contributed by atoms with E-state index >= 15 is 0 Å². The van der Waals surface area contributed by atoms with Crippen molar-refractivity contribution in [1.29, 1.82) is 0 Å². The summed E-state index contributed by atoms with van der Waals surface area (Å²) >= 11 is 0. The first kappa shape index (κ1) is 29.4. The Kier molecular flexibility index (Phi) is 10.5. The molecule has 0 aliphatic carbocycles. The van der Waals surface area contributed by atoms with Gasteiger partial charge in [0.2, 0.25) is 17.7 Å². The van der Waals surface area contributed by atoms with Gasteiger partial charge in [0.15, 0.2) is 0 Å². The number of hydrazine groups is 1. The van der Waals surface area contributed by atoms with E-state index in [9.17, 15) is 19.2 Å². The quantitative estimate of drug-likeness (QED) is 0.522. The highest BCUT2D eigenvalue weighted by Gasteiger charge is 2.34. The van der Waals surface area contributed by atoms with Crippen molar-refractivity contribution in [3.63, 3.8) is 0 Å². The van der Waals surface area contributed by atoms with Crippen LogP contribution in [0.3, 0.4) is 0 Å². The number of amides is 4. The number of rotatable bonds is 1. The van der Waals surface area contributed by atoms with Gasteiger partial charge in [-0.2, -0.15) is 0 Å². The second-order valence-electron chi connectivity index (χ2n) is 10.8. The summed E-state index contributed by atoms with van der Waals surface area (Å²) in [7, 11) is 1.65. The van der Waals surface area contributed by atoms with Gasteiger partial charge in [0.05, 0.1) is 6.04 Å². The van der Waals surface area contributed by atoms with Gasteiger partial charge in [-0.3, -0.25) is 24.2 Å². The van der Waals surface area contributed by atoms with Gasteiger partial charge in [-0.15, -0.1) is 0 Å². The molecule has 0 radical (unpaired) electrons. The van der Waals surface area contributed by atoms with E-state index in [0.717, 1.165) is 30.4 Å². The van der Waals surface area contributed by atoms with Gasteiger partial charge < -0.3 is 15.5 Å². The molecule has 1 fully saturated rings. The fourth-order valence-corrected chi connectivity index (χ4v) is 5.07. The zero-order valence-electron chi connectivity index (χ0n) is 23.3. The number of carbonyl (C=O) groups is 4. The number of hydrogen-bond acceptors (Lipinski definition) is 5. The summed E-state index contributed by atoms with van der Waals surface area (Å²) in [5, 5.41) is 7.30. The van der Waals surface area contributed by atoms with Crippen LogP contribution in [0.4, 0.5) is 0 Å². The van der Waals surface area contributed by atoms with Crippen LogP contribution in [0.2, 0.25) is 0 Å². The molecule has 2 heterocycles. The van der Waals surface area contributed by atoms with E-state index < -0.39 is 18.1 Å². The van der Waals surface area contributed by atoms with E-state index in [1.165, 1.54) is 9.91 Å². The maximum Gasteiger partial charge on any atom is 0.258 e. The standard InChI is InChI=1S/C29H43N5O4/c1-19(2)26-28(37)31-21(4)29(38)34-17-11-15-24(32-34)27(36)30-20(3)23-14-10-13-22(18-23)12-8-6-7-9-16-25(35)33(26)5/h8,10,12-14,18-21,24,26,32H,6-7,9,11,15-17H2,1-5H3,(H,30,36)(H,31,37)/b12-8+/t20-,21+,24+,26+/m1/s1. The molecule has 9 nitrogen and oxygen atoms in total. The molecule has 1 aromatic rings. The molecule has 0 aromatic heterocycles. The molecule has 2 aliphatic rings. The van der Waals surface area contributed by atoms with Crippen LogP contribution >= 0.6 is 0 Å². The lowest BCUT2D eigenvalue weighted by Gasteiger charge is -2.36. The first-order chi connectivity index (χ1) is 18.1. The molecular weight excluding hydrogens is 482 g/mol. The normalized spacial score (nSPS) is 27.7. The van der Waals surface area contributed by atoms with Crippen molar-refractivity contribution >= 4 is 29.7 Å². The molecule has 0 unspecified atom stereocenters. The van der Waals surface area contributed by atoms with Gasteiger partial charge >= 0.3 is 0 Å². The van der Waals surface area contributed by atoms with Gasteiger partial charge in [-0.05, 0) is 69.1 Å². The summed E-state index contributed by atoms with van der Waals surface area (Å²) in [6, 6.07) is 5.81. The van der Waals surface area contributed by atoms with E-state index in [-0.39, 0.29) is 35.6 Å². The largest absolute Gasteiger partial charge is 0.348 e. The minimum absolute atomic E-state index is 0.0859. The third-order valence-corrected chi connectivity index (χ3v) is 7.30. The Bertz CT molecular complexity index is 1040. The van der Waals surface area contributed by atoms with Crippen LogP contribution in [-0.4, -0.2) is 65.3 Å². The number of carbonyl (C=O) groups excluding carboxylic acids is 4. The van der Waals surface area contributed by atoms with Crippen molar-refractivity contribution in [2.24, 2.45) is 5.92 Å². The molecule has 4 amide bonds. The number of allylic oxidation sites excluding steroid dienone is 1. The van der Waals surface area contributed by atoms with Crippen molar-refractivity contribution in [1.82, 2.24) is 26.0 Å². The molecule has 9 heteroatoms. The Labute approximate surface area is 226 Å². The van der Waals surface area contributed by atoms with Crippen LogP contribution in [-0.2, 0) is 19.2 Å².